The van der Waals surface area contributed by atoms with Gasteiger partial charge in [0.1, 0.15) is 27.3 Å². The summed E-state index contributed by atoms with van der Waals surface area (Å²) in [7, 11) is 5.71. The van der Waals surface area contributed by atoms with Crippen molar-refractivity contribution in [3.05, 3.63) is 159 Å². The molecule has 6 rings (SSSR count). The number of hydrogen-bond acceptors (Lipinski definition) is 16. The van der Waals surface area contributed by atoms with E-state index in [4.69, 9.17) is 50.7 Å². The van der Waals surface area contributed by atoms with Gasteiger partial charge in [-0.05, 0) is 177 Å². The first kappa shape index (κ1) is 87.5. The number of amides is 4. The maximum atomic E-state index is 14.5. The van der Waals surface area contributed by atoms with Crippen molar-refractivity contribution in [3.63, 3.8) is 0 Å². The molecule has 0 radical (unpaired) electrons. The first-order valence-corrected chi connectivity index (χ1v) is 25.6. The van der Waals surface area contributed by atoms with Crippen LogP contribution in [0.25, 0.3) is 9.69 Å². The van der Waals surface area contributed by atoms with Gasteiger partial charge in [-0.1, -0.05) is 35.5 Å². The summed E-state index contributed by atoms with van der Waals surface area (Å²) in [5.41, 5.74) is 9.49. The third-order valence-electron chi connectivity index (χ3n) is 10.5. The second-order valence-corrected chi connectivity index (χ2v) is 21.2. The van der Waals surface area contributed by atoms with E-state index in [0.717, 1.165) is 22.9 Å². The number of nitrogens with zero attached hydrogens (tertiary/aromatic N) is 5. The molecule has 5 aromatic carbocycles. The van der Waals surface area contributed by atoms with E-state index < -0.39 is 45.0 Å². The number of rotatable bonds is 9. The number of thiocarbonyl (C=S) groups is 2. The summed E-state index contributed by atoms with van der Waals surface area (Å²) >= 11 is 13.2. The number of ether oxygens (including phenoxy) is 1. The van der Waals surface area contributed by atoms with Crippen LogP contribution in [0.15, 0.2) is 96.0 Å². The van der Waals surface area contributed by atoms with Gasteiger partial charge in [-0.2, -0.15) is 14.6 Å². The molecule has 1 heterocycles. The smallest absolute Gasteiger partial charge is 1.00 e. The van der Waals surface area contributed by atoms with Crippen molar-refractivity contribution in [3.8, 4) is 0 Å². The average Bonchev–Trinajstić information content (AvgIpc) is 1.62. The van der Waals surface area contributed by atoms with E-state index in [2.05, 4.69) is 78.9 Å². The Morgan fingerprint density at radius 3 is 1.53 bits per heavy atom. The molecule has 0 unspecified atom stereocenters. The SMILES string of the molecule is C.CNC(=O)c1ccc(N)cc1F.CNC(=O)c1ccc(NC(C)(C)C)cc1F.COC(=O)C(C)(C)Br.O=C=O.O=CO[O-].[C-]#[N+]c1ccc(N2C(=O)C(C)(C)N(c3ccc(C(=O)NC)c(F)c3)C2=S)cc1C.[C-]#[N+]c1ccc(N=C=S)cc1C.[H-].[K+].[K+]. The molecule has 456 valence electrons. The van der Waals surface area contributed by atoms with Gasteiger partial charge in [-0.3, -0.25) is 33.7 Å². The predicted octanol–water partition coefficient (Wildman–Crippen LogP) is 4.35. The number of anilines is 4. The second kappa shape index (κ2) is 42.9. The first-order chi connectivity index (χ1) is 39.2. The Bertz CT molecular complexity index is 3370. The van der Waals surface area contributed by atoms with Crippen molar-refractivity contribution in [2.24, 2.45) is 4.99 Å². The fraction of sp³-hybridized carbons (Fsp3) is 0.293. The molecule has 1 aliphatic rings. The number of carbonyl (C=O) groups is 6. The van der Waals surface area contributed by atoms with Crippen LogP contribution < -0.4 is 145 Å². The Hall–Kier alpha value is -5.93. The molecule has 1 fully saturated rings. The number of aryl methyl sites for hydroxylation is 2. The molecule has 87 heavy (non-hydrogen) atoms. The fourth-order valence-corrected chi connectivity index (χ4v) is 7.44. The normalized spacial score (nSPS) is 11.0. The summed E-state index contributed by atoms with van der Waals surface area (Å²) in [6.45, 7) is 30.3. The second-order valence-electron chi connectivity index (χ2n) is 18.6. The van der Waals surface area contributed by atoms with E-state index in [9.17, 15) is 37.1 Å². The molecule has 1 aliphatic heterocycles. The Kier molecular flexibility index (Phi) is 43.1. The quantitative estimate of drug-likeness (QED) is 0.0131. The van der Waals surface area contributed by atoms with Gasteiger partial charge in [0.25, 0.3) is 30.1 Å². The third-order valence-corrected chi connectivity index (χ3v) is 11.3. The number of alkyl halides is 1. The van der Waals surface area contributed by atoms with Crippen LogP contribution in [-0.2, 0) is 33.6 Å². The largest absolute Gasteiger partial charge is 1.00 e. The van der Waals surface area contributed by atoms with Gasteiger partial charge in [0.2, 0.25) is 0 Å². The Balaban J connectivity index is -0.000000335. The summed E-state index contributed by atoms with van der Waals surface area (Å²) < 4.78 is 44.9. The van der Waals surface area contributed by atoms with E-state index >= 15 is 0 Å². The van der Waals surface area contributed by atoms with Gasteiger partial charge in [-0.25, -0.2) is 22.9 Å². The third kappa shape index (κ3) is 28.8. The molecule has 0 spiro atoms. The molecule has 0 atom stereocenters. The number of nitrogen functional groups attached to an aromatic ring is 1. The summed E-state index contributed by atoms with van der Waals surface area (Å²) in [5, 5.41) is 21.1. The molecule has 0 bridgehead atoms. The van der Waals surface area contributed by atoms with Crippen LogP contribution in [0.2, 0.25) is 0 Å². The average molecular weight is 1360 g/mol. The van der Waals surface area contributed by atoms with E-state index in [0.29, 0.717) is 34.1 Å². The predicted molar refractivity (Wildman–Crippen MR) is 328 cm³/mol. The molecule has 21 nitrogen and oxygen atoms in total. The molecule has 29 heteroatoms. The minimum absolute atomic E-state index is 0. The molecule has 1 saturated heterocycles. The van der Waals surface area contributed by atoms with Crippen LogP contribution in [0.4, 0.5) is 53.0 Å². The van der Waals surface area contributed by atoms with Gasteiger partial charge < -0.3 is 48.2 Å². The zero-order chi connectivity index (χ0) is 64.9. The minimum atomic E-state index is -1.07. The van der Waals surface area contributed by atoms with E-state index in [1.54, 1.807) is 82.0 Å². The van der Waals surface area contributed by atoms with Gasteiger partial charge in [0.05, 0.1) is 47.8 Å². The standard InChI is InChI=1S/C21H19FN4O2S.C12H17FN2O.C9H6N2S.C8H9FN2O.C5H9BrO2.CH2O3.CO2.CH4.2K.H/c1-12-10-13(7-9-17(12)23-4)25-19(28)21(2,3)26(20(25)29)14-6-8-15(16(22)11-14)18(27)24-5;1-12(2,3)15-8-5-6-9(10(13)7-8)11(16)14-4;1-7-5-8(11-6-12)3-4-9(7)10-2;1-11-8(12)6-3-2-5(10)4-7(6)9;1-5(2,6)4(7)8-3;2-1-4-3;2-1-3;;;;/h6-11H,1-3,5H3,(H,24,27);5-7,15H,1-4H3,(H,14,16);3-5H,1H3;2-4H,10H2,1H3,(H,11,12);1-3H3;1,3H;;1H4;;;/q;;;;;;;;2*+1;-1/p-1. The maximum Gasteiger partial charge on any atom is 1.00 e. The molecular weight excluding hydrogens is 1290 g/mol. The van der Waals surface area contributed by atoms with E-state index in [1.807, 2.05) is 33.8 Å². The molecular formula is C58H66BrF3K2N10O11S2. The summed E-state index contributed by atoms with van der Waals surface area (Å²) in [4.78, 5) is 98.7. The number of aliphatic imine (C=N–C) groups is 1. The van der Waals surface area contributed by atoms with Crippen LogP contribution in [0.3, 0.4) is 0 Å². The Labute approximate surface area is 610 Å². The Morgan fingerprint density at radius 2 is 1.18 bits per heavy atom. The number of nitrogens with two attached hydrogens (primary N) is 1. The van der Waals surface area contributed by atoms with Crippen LogP contribution in [-0.4, -0.2) is 96.2 Å². The van der Waals surface area contributed by atoms with Crippen molar-refractivity contribution in [1.82, 2.24) is 16.0 Å². The van der Waals surface area contributed by atoms with Crippen LogP contribution in [0.5, 0.6) is 0 Å². The zero-order valence-electron chi connectivity index (χ0n) is 50.9. The van der Waals surface area contributed by atoms with Crippen molar-refractivity contribution in [2.45, 2.75) is 85.1 Å². The van der Waals surface area contributed by atoms with Crippen molar-refractivity contribution in [1.29, 1.82) is 0 Å². The molecule has 6 N–H and O–H groups in total. The summed E-state index contributed by atoms with van der Waals surface area (Å²) in [5.74, 6) is -3.75. The molecule has 0 saturated carbocycles. The minimum Gasteiger partial charge on any atom is -1.00 e. The summed E-state index contributed by atoms with van der Waals surface area (Å²) in [6.07, 6.45) is 0.250. The number of hydrogen-bond donors (Lipinski definition) is 5. The molecule has 0 aliphatic carbocycles. The van der Waals surface area contributed by atoms with E-state index in [-0.39, 0.29) is 163 Å². The number of benzene rings is 5. The number of halogens is 4. The van der Waals surface area contributed by atoms with Crippen molar-refractivity contribution < 1.29 is 171 Å². The molecule has 0 aromatic heterocycles. The van der Waals surface area contributed by atoms with Crippen molar-refractivity contribution in [2.75, 3.05) is 49.1 Å². The van der Waals surface area contributed by atoms with Gasteiger partial charge >= 0.3 is 115 Å². The van der Waals surface area contributed by atoms with Gasteiger partial charge in [0.15, 0.2) is 16.5 Å². The summed E-state index contributed by atoms with van der Waals surface area (Å²) in [6, 6.07) is 22.9. The zero-order valence-corrected chi connectivity index (χ0v) is 59.3. The monoisotopic (exact) mass is 1360 g/mol. The van der Waals surface area contributed by atoms with Crippen molar-refractivity contribution >= 4 is 133 Å². The number of carbonyl (C=O) groups excluding carboxylic acids is 8. The number of esters is 1. The Morgan fingerprint density at radius 1 is 0.770 bits per heavy atom. The maximum absolute atomic E-state index is 14.5. The number of nitrogens with one attached hydrogen (secondary N) is 4. The van der Waals surface area contributed by atoms with Gasteiger partial charge in [-0.15, -0.1) is 0 Å². The molecule has 5 aromatic rings. The fourth-order valence-electron chi connectivity index (χ4n) is 6.65. The first-order valence-electron chi connectivity index (χ1n) is 24.0. The van der Waals surface area contributed by atoms with E-state index in [1.165, 1.54) is 69.6 Å². The number of isothiocyanates is 1. The van der Waals surface area contributed by atoms with Crippen LogP contribution in [0.1, 0.15) is 99.5 Å². The molecule has 4 amide bonds. The topological polar surface area (TPSA) is 280 Å². The van der Waals surface area contributed by atoms with Gasteiger partial charge in [0, 0.05) is 49.4 Å². The van der Waals surface area contributed by atoms with Crippen LogP contribution >= 0.6 is 40.4 Å². The number of methoxy groups -OCH3 is 1. The van der Waals surface area contributed by atoms with Crippen LogP contribution in [0, 0.1) is 44.4 Å².